The molecular weight excluding hydrogens is 488 g/mol. The number of fused-ring (bicyclic) bond motifs is 3. The molecule has 202 valence electrons. The second-order valence-corrected chi connectivity index (χ2v) is 11.0. The number of aliphatic imine (C=N–C) groups is 1. The Morgan fingerprint density at radius 1 is 1.38 bits per heavy atom. The molecule has 8 nitrogen and oxygen atoms in total. The van der Waals surface area contributed by atoms with Crippen molar-refractivity contribution in [1.29, 1.82) is 0 Å². The number of aliphatic hydroxyl groups excluding tert-OH is 1. The Labute approximate surface area is 223 Å². The van der Waals surface area contributed by atoms with Crippen molar-refractivity contribution in [2.75, 3.05) is 26.3 Å². The topological polar surface area (TPSA) is 121 Å². The molecule has 2 heterocycles. The van der Waals surface area contributed by atoms with Crippen molar-refractivity contribution in [2.24, 2.45) is 10.7 Å². The molecule has 1 aromatic heterocycles. The number of allylic oxidation sites excluding steroid dienone is 1. The van der Waals surface area contributed by atoms with E-state index in [0.717, 1.165) is 47.4 Å². The number of unbranched alkanes of at least 4 members (excludes halogenated alkanes) is 1. The van der Waals surface area contributed by atoms with Crippen LogP contribution in [0.2, 0.25) is 0 Å². The molecule has 0 spiro atoms. The van der Waals surface area contributed by atoms with Crippen LogP contribution >= 0.6 is 11.3 Å². The summed E-state index contributed by atoms with van der Waals surface area (Å²) >= 11 is 1.41. The molecule has 1 unspecified atom stereocenters. The number of amides is 1. The minimum Gasteiger partial charge on any atom is -0.492 e. The quantitative estimate of drug-likeness (QED) is 0.354. The molecule has 4 N–H and O–H groups in total. The Morgan fingerprint density at radius 2 is 2.16 bits per heavy atom. The average Bonchev–Trinajstić information content (AvgIpc) is 3.21. The maximum Gasteiger partial charge on any atom is 0.283 e. The molecule has 0 fully saturated rings. The predicted molar refractivity (Wildman–Crippen MR) is 150 cm³/mol. The van der Waals surface area contributed by atoms with Crippen LogP contribution < -0.4 is 10.5 Å². The van der Waals surface area contributed by atoms with Crippen molar-refractivity contribution in [3.8, 4) is 17.0 Å². The molecule has 1 aliphatic heterocycles. The zero-order chi connectivity index (χ0) is 27.0. The first kappa shape index (κ1) is 28.8. The first-order valence-electron chi connectivity index (χ1n) is 13.1. The van der Waals surface area contributed by atoms with Crippen LogP contribution in [0.1, 0.15) is 73.6 Å². The number of hydrogen-bond donors (Lipinski definition) is 3. The van der Waals surface area contributed by atoms with Crippen LogP contribution in [0.3, 0.4) is 0 Å². The van der Waals surface area contributed by atoms with Gasteiger partial charge >= 0.3 is 0 Å². The summed E-state index contributed by atoms with van der Waals surface area (Å²) in [5, 5.41) is 20.0. The highest BCUT2D eigenvalue weighted by Gasteiger charge is 2.28. The fourth-order valence-electron chi connectivity index (χ4n) is 4.38. The fourth-order valence-corrected chi connectivity index (χ4v) is 5.39. The van der Waals surface area contributed by atoms with Crippen LogP contribution in [-0.4, -0.2) is 70.2 Å². The van der Waals surface area contributed by atoms with Crippen LogP contribution in [-0.2, 0) is 6.42 Å². The molecule has 0 aliphatic carbocycles. The maximum absolute atomic E-state index is 13.5. The Morgan fingerprint density at radius 3 is 2.81 bits per heavy atom. The highest BCUT2D eigenvalue weighted by atomic mass is 32.1. The van der Waals surface area contributed by atoms with Crippen molar-refractivity contribution in [1.82, 2.24) is 9.88 Å². The number of nitrogens with two attached hydrogens (primary N) is 1. The Bertz CT molecular complexity index is 1120. The van der Waals surface area contributed by atoms with Gasteiger partial charge in [-0.15, -0.1) is 11.3 Å². The summed E-state index contributed by atoms with van der Waals surface area (Å²) in [7, 11) is 0. The Hall–Kier alpha value is -2.75. The van der Waals surface area contributed by atoms with Crippen molar-refractivity contribution < 1.29 is 19.7 Å². The largest absolute Gasteiger partial charge is 0.492 e. The molecule has 1 amide bonds. The molecule has 0 saturated heterocycles. The number of carbonyl (C=O) groups is 1. The van der Waals surface area contributed by atoms with Gasteiger partial charge in [0.2, 0.25) is 0 Å². The number of rotatable bonds is 12. The van der Waals surface area contributed by atoms with Crippen LogP contribution in [0.5, 0.6) is 5.75 Å². The van der Waals surface area contributed by atoms with Gasteiger partial charge in [-0.05, 0) is 44.4 Å². The molecule has 0 saturated carbocycles. The lowest BCUT2D eigenvalue weighted by Crippen LogP contribution is -2.41. The number of ether oxygens (including phenoxy) is 1. The highest BCUT2D eigenvalue weighted by molar-refractivity contribution is 7.14. The fraction of sp³-hybridized carbons (Fsp3) is 0.536. The number of carbonyl (C=O) groups excluding carboxylic acids is 1. The van der Waals surface area contributed by atoms with Gasteiger partial charge < -0.3 is 25.6 Å². The summed E-state index contributed by atoms with van der Waals surface area (Å²) in [6.07, 6.45) is 7.65. The summed E-state index contributed by atoms with van der Waals surface area (Å²) in [5.41, 5.74) is 8.13. The zero-order valence-corrected chi connectivity index (χ0v) is 23.2. The minimum absolute atomic E-state index is 0.0744. The van der Waals surface area contributed by atoms with Gasteiger partial charge in [0.05, 0.1) is 31.1 Å². The molecule has 1 aromatic carbocycles. The predicted octanol–water partition coefficient (Wildman–Crippen LogP) is 4.29. The lowest BCUT2D eigenvalue weighted by Gasteiger charge is -2.30. The molecule has 1 aliphatic rings. The number of aromatic nitrogens is 1. The van der Waals surface area contributed by atoms with Crippen molar-refractivity contribution in [3.63, 3.8) is 0 Å². The molecule has 1 atom stereocenters. The molecule has 2 aromatic rings. The van der Waals surface area contributed by atoms with E-state index in [1.165, 1.54) is 17.5 Å². The SMILES string of the molecule is CCCCC(CC)N(CCO)C(=O)c1nc2c(s1)CCOc1cc(C(C=NCC(C)(C)O)=CN)ccc1-2. The van der Waals surface area contributed by atoms with Crippen LogP contribution in [0.15, 0.2) is 29.4 Å². The molecule has 0 radical (unpaired) electrons. The normalized spacial score (nSPS) is 14.6. The maximum atomic E-state index is 13.5. The van der Waals surface area contributed by atoms with E-state index in [-0.39, 0.29) is 25.1 Å². The first-order valence-corrected chi connectivity index (χ1v) is 13.9. The zero-order valence-electron chi connectivity index (χ0n) is 22.4. The highest BCUT2D eigenvalue weighted by Crippen LogP contribution is 2.39. The van der Waals surface area contributed by atoms with Gasteiger partial charge in [0.25, 0.3) is 5.91 Å². The van der Waals surface area contributed by atoms with E-state index in [0.29, 0.717) is 35.9 Å². The van der Waals surface area contributed by atoms with Crippen molar-refractivity contribution >= 4 is 29.0 Å². The average molecular weight is 529 g/mol. The number of aliphatic hydroxyl groups is 2. The number of benzene rings is 1. The number of hydrogen-bond acceptors (Lipinski definition) is 8. The monoisotopic (exact) mass is 528 g/mol. The van der Waals surface area contributed by atoms with E-state index >= 15 is 0 Å². The first-order chi connectivity index (χ1) is 17.7. The molecular formula is C28H40N4O4S. The smallest absolute Gasteiger partial charge is 0.283 e. The van der Waals surface area contributed by atoms with E-state index in [2.05, 4.69) is 18.8 Å². The molecule has 37 heavy (non-hydrogen) atoms. The summed E-state index contributed by atoms with van der Waals surface area (Å²) in [5.74, 6) is 0.558. The van der Waals surface area contributed by atoms with Gasteiger partial charge in [0, 0.05) is 47.4 Å². The van der Waals surface area contributed by atoms with E-state index in [4.69, 9.17) is 15.5 Å². The molecule has 9 heteroatoms. The third kappa shape index (κ3) is 7.40. The van der Waals surface area contributed by atoms with Crippen molar-refractivity contribution in [2.45, 2.75) is 71.4 Å². The summed E-state index contributed by atoms with van der Waals surface area (Å²) in [4.78, 5) is 25.5. The lowest BCUT2D eigenvalue weighted by atomic mass is 10.0. The third-order valence-electron chi connectivity index (χ3n) is 6.33. The van der Waals surface area contributed by atoms with E-state index in [9.17, 15) is 15.0 Å². The van der Waals surface area contributed by atoms with Gasteiger partial charge in [-0.2, -0.15) is 0 Å². The van der Waals surface area contributed by atoms with Crippen LogP contribution in [0.4, 0.5) is 0 Å². The lowest BCUT2D eigenvalue weighted by molar-refractivity contribution is 0.0614. The van der Waals surface area contributed by atoms with Gasteiger partial charge in [-0.25, -0.2) is 4.98 Å². The van der Waals surface area contributed by atoms with Crippen molar-refractivity contribution in [3.05, 3.63) is 39.8 Å². The summed E-state index contributed by atoms with van der Waals surface area (Å²) < 4.78 is 6.06. The van der Waals surface area contributed by atoms with E-state index < -0.39 is 5.60 Å². The van der Waals surface area contributed by atoms with E-state index in [1.807, 2.05) is 18.2 Å². The Kier molecular flexibility index (Phi) is 10.3. The van der Waals surface area contributed by atoms with Gasteiger partial charge in [-0.1, -0.05) is 32.8 Å². The standard InChI is InChI=1S/C28H40N4O4S/c1-5-7-8-21(6-2)32(12-13-33)27(34)26-31-25-22-10-9-19(15-23(22)36-14-11-24(25)37-26)20(16-29)17-30-18-28(3,4)35/h9-10,15-17,21,33,35H,5-8,11-14,18,29H2,1-4H3. The van der Waals surface area contributed by atoms with Gasteiger partial charge in [-0.3, -0.25) is 9.79 Å². The number of nitrogens with zero attached hydrogens (tertiary/aromatic N) is 3. The second-order valence-electron chi connectivity index (χ2n) is 9.93. The van der Waals surface area contributed by atoms with Crippen LogP contribution in [0.25, 0.3) is 16.8 Å². The van der Waals surface area contributed by atoms with E-state index in [1.54, 1.807) is 25.0 Å². The third-order valence-corrected chi connectivity index (χ3v) is 7.43. The summed E-state index contributed by atoms with van der Waals surface area (Å²) in [6.45, 7) is 8.59. The second kappa shape index (κ2) is 13.2. The molecule has 0 bridgehead atoms. The molecule has 3 rings (SSSR count). The van der Waals surface area contributed by atoms with Gasteiger partial charge in [0.1, 0.15) is 5.75 Å². The Balaban J connectivity index is 1.91. The number of thiazole rings is 1. The summed E-state index contributed by atoms with van der Waals surface area (Å²) in [6, 6.07) is 5.87. The minimum atomic E-state index is -0.900. The van der Waals surface area contributed by atoms with Gasteiger partial charge in [0.15, 0.2) is 5.01 Å². The van der Waals surface area contributed by atoms with Crippen LogP contribution in [0, 0.1) is 0 Å².